The average Bonchev–Trinajstić information content (AvgIpc) is 3.61. The van der Waals surface area contributed by atoms with Crippen LogP contribution in [0.1, 0.15) is 54.2 Å². The standard InChI is InChI=1S/C21H22N4O3/c1-24-21(27)25(23-22-24)19-4-2-3-16(13-5-6-13)18(19)12-28-20-10-9-15(26)11-17(20)14-7-8-14/h2-4,9-11,13-14,26H,5-8,12H2,1H3. The van der Waals surface area contributed by atoms with Crippen molar-refractivity contribution in [2.45, 2.75) is 44.1 Å². The van der Waals surface area contributed by atoms with Gasteiger partial charge in [-0.2, -0.15) is 9.36 Å². The molecule has 144 valence electrons. The predicted octanol–water partition coefficient (Wildman–Crippen LogP) is 3.01. The van der Waals surface area contributed by atoms with Crippen LogP contribution in [-0.2, 0) is 13.7 Å². The number of nitrogens with zero attached hydrogens (tertiary/aromatic N) is 4. The molecule has 7 heteroatoms. The van der Waals surface area contributed by atoms with Gasteiger partial charge in [0.05, 0.1) is 5.69 Å². The van der Waals surface area contributed by atoms with Gasteiger partial charge in [-0.25, -0.2) is 4.79 Å². The Hall–Kier alpha value is -3.09. The zero-order valence-electron chi connectivity index (χ0n) is 15.7. The molecule has 1 heterocycles. The fourth-order valence-electron chi connectivity index (χ4n) is 3.72. The largest absolute Gasteiger partial charge is 0.508 e. The second-order valence-electron chi connectivity index (χ2n) is 7.70. The van der Waals surface area contributed by atoms with Crippen LogP contribution in [0.2, 0.25) is 0 Å². The summed E-state index contributed by atoms with van der Waals surface area (Å²) in [5, 5.41) is 17.7. The molecule has 5 rings (SSSR count). The molecule has 0 amide bonds. The smallest absolute Gasteiger partial charge is 0.368 e. The van der Waals surface area contributed by atoms with Crippen LogP contribution >= 0.6 is 0 Å². The first-order valence-corrected chi connectivity index (χ1v) is 9.68. The summed E-state index contributed by atoms with van der Waals surface area (Å²) in [6, 6.07) is 11.2. The highest BCUT2D eigenvalue weighted by atomic mass is 16.5. The first kappa shape index (κ1) is 17.0. The number of phenolic OH excluding ortho intramolecular Hbond substituents is 1. The molecular formula is C21H22N4O3. The molecule has 3 aromatic rings. The van der Waals surface area contributed by atoms with Gasteiger partial charge < -0.3 is 9.84 Å². The van der Waals surface area contributed by atoms with E-state index in [-0.39, 0.29) is 11.4 Å². The zero-order chi connectivity index (χ0) is 19.3. The number of tetrazole rings is 1. The number of hydrogen-bond donors (Lipinski definition) is 1. The number of aromatic nitrogens is 4. The molecule has 2 aliphatic rings. The van der Waals surface area contributed by atoms with Crippen molar-refractivity contribution in [2.75, 3.05) is 0 Å². The summed E-state index contributed by atoms with van der Waals surface area (Å²) in [5.41, 5.74) is 3.68. The SMILES string of the molecule is Cn1nnn(-c2cccc(C3CC3)c2COc2ccc(O)cc2C2CC2)c1=O. The second kappa shape index (κ2) is 6.51. The minimum absolute atomic E-state index is 0.263. The summed E-state index contributed by atoms with van der Waals surface area (Å²) >= 11 is 0. The second-order valence-corrected chi connectivity index (χ2v) is 7.70. The third kappa shape index (κ3) is 3.06. The molecule has 0 unspecified atom stereocenters. The summed E-state index contributed by atoms with van der Waals surface area (Å²) in [6.07, 6.45) is 4.55. The summed E-state index contributed by atoms with van der Waals surface area (Å²) in [5.74, 6) is 2.03. The van der Waals surface area contributed by atoms with Gasteiger partial charge in [-0.05, 0) is 77.8 Å². The van der Waals surface area contributed by atoms with Gasteiger partial charge in [0, 0.05) is 18.2 Å². The van der Waals surface area contributed by atoms with E-state index in [9.17, 15) is 9.90 Å². The fraction of sp³-hybridized carbons (Fsp3) is 0.381. The number of phenols is 1. The Bertz CT molecular complexity index is 1090. The molecule has 1 N–H and O–H groups in total. The number of aromatic hydroxyl groups is 1. The normalized spacial score (nSPS) is 16.3. The third-order valence-electron chi connectivity index (χ3n) is 5.54. The molecule has 0 atom stereocenters. The zero-order valence-corrected chi connectivity index (χ0v) is 15.7. The Kier molecular flexibility index (Phi) is 3.96. The maximum Gasteiger partial charge on any atom is 0.368 e. The van der Waals surface area contributed by atoms with E-state index in [0.717, 1.165) is 42.6 Å². The Morgan fingerprint density at radius 3 is 2.50 bits per heavy atom. The van der Waals surface area contributed by atoms with E-state index in [0.29, 0.717) is 24.1 Å². The highest BCUT2D eigenvalue weighted by Crippen LogP contribution is 2.46. The van der Waals surface area contributed by atoms with Gasteiger partial charge in [0.2, 0.25) is 0 Å². The monoisotopic (exact) mass is 378 g/mol. The molecule has 2 fully saturated rings. The van der Waals surface area contributed by atoms with Crippen molar-refractivity contribution in [3.8, 4) is 17.2 Å². The Morgan fingerprint density at radius 1 is 1.07 bits per heavy atom. The first-order valence-electron chi connectivity index (χ1n) is 9.68. The third-order valence-corrected chi connectivity index (χ3v) is 5.54. The quantitative estimate of drug-likeness (QED) is 0.713. The molecule has 0 spiro atoms. The van der Waals surface area contributed by atoms with Gasteiger partial charge in [-0.15, -0.1) is 0 Å². The van der Waals surface area contributed by atoms with Crippen molar-refractivity contribution in [3.05, 3.63) is 63.6 Å². The van der Waals surface area contributed by atoms with Crippen molar-refractivity contribution in [1.29, 1.82) is 0 Å². The fourth-order valence-corrected chi connectivity index (χ4v) is 3.72. The molecule has 0 aliphatic heterocycles. The van der Waals surface area contributed by atoms with E-state index in [2.05, 4.69) is 16.5 Å². The summed E-state index contributed by atoms with van der Waals surface area (Å²) < 4.78 is 8.78. The average molecular weight is 378 g/mol. The molecular weight excluding hydrogens is 356 g/mol. The molecule has 0 bridgehead atoms. The maximum absolute atomic E-state index is 12.4. The molecule has 7 nitrogen and oxygen atoms in total. The molecule has 28 heavy (non-hydrogen) atoms. The topological polar surface area (TPSA) is 82.2 Å². The van der Waals surface area contributed by atoms with E-state index in [4.69, 9.17) is 4.74 Å². The Labute approximate surface area is 162 Å². The lowest BCUT2D eigenvalue weighted by Gasteiger charge is -2.16. The van der Waals surface area contributed by atoms with Gasteiger partial charge in [-0.3, -0.25) is 0 Å². The van der Waals surface area contributed by atoms with Gasteiger partial charge in [0.15, 0.2) is 0 Å². The van der Waals surface area contributed by atoms with Crippen LogP contribution in [-0.4, -0.2) is 24.9 Å². The number of benzene rings is 2. The summed E-state index contributed by atoms with van der Waals surface area (Å²) in [7, 11) is 1.59. The van der Waals surface area contributed by atoms with E-state index in [1.165, 1.54) is 14.9 Å². The van der Waals surface area contributed by atoms with E-state index >= 15 is 0 Å². The highest BCUT2D eigenvalue weighted by Gasteiger charge is 2.30. The lowest BCUT2D eigenvalue weighted by molar-refractivity contribution is 0.300. The lowest BCUT2D eigenvalue weighted by Crippen LogP contribution is -2.23. The molecule has 0 saturated heterocycles. The van der Waals surface area contributed by atoms with Crippen molar-refractivity contribution >= 4 is 0 Å². The van der Waals surface area contributed by atoms with E-state index < -0.39 is 0 Å². The van der Waals surface area contributed by atoms with Crippen molar-refractivity contribution in [2.24, 2.45) is 7.05 Å². The lowest BCUT2D eigenvalue weighted by atomic mass is 10.0. The van der Waals surface area contributed by atoms with Crippen molar-refractivity contribution in [1.82, 2.24) is 19.8 Å². The van der Waals surface area contributed by atoms with E-state index in [1.54, 1.807) is 19.2 Å². The molecule has 2 aromatic carbocycles. The Morgan fingerprint density at radius 2 is 1.82 bits per heavy atom. The van der Waals surface area contributed by atoms with Crippen LogP contribution in [0.3, 0.4) is 0 Å². The van der Waals surface area contributed by atoms with Crippen LogP contribution < -0.4 is 10.4 Å². The van der Waals surface area contributed by atoms with Gasteiger partial charge in [-0.1, -0.05) is 12.1 Å². The van der Waals surface area contributed by atoms with Crippen molar-refractivity contribution < 1.29 is 9.84 Å². The van der Waals surface area contributed by atoms with Gasteiger partial charge in [0.1, 0.15) is 18.1 Å². The first-order chi connectivity index (χ1) is 13.6. The molecule has 1 aromatic heterocycles. The summed E-state index contributed by atoms with van der Waals surface area (Å²) in [4.78, 5) is 12.4. The van der Waals surface area contributed by atoms with E-state index in [1.807, 2.05) is 18.2 Å². The number of hydrogen-bond acceptors (Lipinski definition) is 5. The van der Waals surface area contributed by atoms with Crippen molar-refractivity contribution in [3.63, 3.8) is 0 Å². The van der Waals surface area contributed by atoms with Crippen LogP contribution in [0, 0.1) is 0 Å². The summed E-state index contributed by atoms with van der Waals surface area (Å²) in [6.45, 7) is 0.343. The number of ether oxygens (including phenoxy) is 1. The molecule has 2 saturated carbocycles. The number of rotatable bonds is 6. The minimum atomic E-state index is -0.280. The Balaban J connectivity index is 1.53. The predicted molar refractivity (Wildman–Crippen MR) is 103 cm³/mol. The molecule has 2 aliphatic carbocycles. The van der Waals surface area contributed by atoms with Crippen LogP contribution in [0.5, 0.6) is 11.5 Å². The number of aryl methyl sites for hydroxylation is 1. The highest BCUT2D eigenvalue weighted by molar-refractivity contribution is 5.49. The maximum atomic E-state index is 12.4. The van der Waals surface area contributed by atoms with Crippen LogP contribution in [0.4, 0.5) is 0 Å². The minimum Gasteiger partial charge on any atom is -0.508 e. The van der Waals surface area contributed by atoms with Crippen LogP contribution in [0.15, 0.2) is 41.2 Å². The van der Waals surface area contributed by atoms with Gasteiger partial charge >= 0.3 is 5.69 Å². The van der Waals surface area contributed by atoms with Crippen LogP contribution in [0.25, 0.3) is 5.69 Å². The van der Waals surface area contributed by atoms with Gasteiger partial charge in [0.25, 0.3) is 0 Å². The molecule has 0 radical (unpaired) electrons.